The van der Waals surface area contributed by atoms with Gasteiger partial charge in [0.15, 0.2) is 0 Å². The van der Waals surface area contributed by atoms with E-state index in [1.165, 1.54) is 0 Å². The van der Waals surface area contributed by atoms with Crippen molar-refractivity contribution in [2.24, 2.45) is 0 Å². The second kappa shape index (κ2) is 4.18. The minimum absolute atomic E-state index is 3.01. The lowest BCUT2D eigenvalue weighted by Crippen LogP contribution is -2.26. The molecule has 0 saturated carbocycles. The molecule has 0 rings (SSSR count). The van der Waals surface area contributed by atoms with Gasteiger partial charge in [0.2, 0.25) is 12.5 Å². The van der Waals surface area contributed by atoms with E-state index in [1.54, 1.807) is 0 Å². The molecule has 2 N–H and O–H groups in total. The first-order valence-electron chi connectivity index (χ1n) is 2.54. The van der Waals surface area contributed by atoms with Crippen molar-refractivity contribution >= 4 is 7.82 Å². The maximum atomic E-state index is 12.0. The van der Waals surface area contributed by atoms with E-state index in [-0.39, 0.29) is 0 Å². The van der Waals surface area contributed by atoms with E-state index >= 15 is 0 Å². The third kappa shape index (κ3) is 4.66. The normalized spacial score (nSPS) is 17.9. The summed E-state index contributed by atoms with van der Waals surface area (Å²) in [5.74, 6) is 0. The Labute approximate surface area is 64.4 Å². The fraction of sp³-hybridized carbons (Fsp3) is 1.00. The van der Waals surface area contributed by atoms with Crippen LogP contribution in [0.15, 0.2) is 0 Å². The summed E-state index contributed by atoms with van der Waals surface area (Å²) >= 11 is 0. The standard InChI is InChI=1S/C3H5F4O4P/c4-1(2(5)6)3(7)11-12(8,9)10/h1-3H,(H2,8,9,10). The summed E-state index contributed by atoms with van der Waals surface area (Å²) in [6.45, 7) is 0. The first-order valence-corrected chi connectivity index (χ1v) is 4.07. The van der Waals surface area contributed by atoms with Gasteiger partial charge in [-0.1, -0.05) is 0 Å². The summed E-state index contributed by atoms with van der Waals surface area (Å²) < 4.78 is 59.2. The van der Waals surface area contributed by atoms with Crippen molar-refractivity contribution in [1.82, 2.24) is 0 Å². The second-order valence-corrected chi connectivity index (χ2v) is 2.92. The molecule has 74 valence electrons. The van der Waals surface area contributed by atoms with Gasteiger partial charge in [0.1, 0.15) is 0 Å². The highest BCUT2D eigenvalue weighted by molar-refractivity contribution is 7.46. The largest absolute Gasteiger partial charge is 0.472 e. The Kier molecular flexibility index (Phi) is 4.12. The summed E-state index contributed by atoms with van der Waals surface area (Å²) in [4.78, 5) is 15.7. The quantitative estimate of drug-likeness (QED) is 0.538. The molecule has 4 nitrogen and oxygen atoms in total. The Balaban J connectivity index is 4.04. The van der Waals surface area contributed by atoms with Crippen molar-refractivity contribution in [3.63, 3.8) is 0 Å². The van der Waals surface area contributed by atoms with Crippen LogP contribution in [0.25, 0.3) is 0 Å². The van der Waals surface area contributed by atoms with Gasteiger partial charge >= 0.3 is 7.82 Å². The predicted molar refractivity (Wildman–Crippen MR) is 28.9 cm³/mol. The number of alkyl halides is 4. The zero-order chi connectivity index (χ0) is 9.94. The zero-order valence-corrected chi connectivity index (χ0v) is 6.30. The topological polar surface area (TPSA) is 66.8 Å². The van der Waals surface area contributed by atoms with Crippen LogP contribution in [-0.2, 0) is 9.09 Å². The molecule has 0 bridgehead atoms. The highest BCUT2D eigenvalue weighted by Crippen LogP contribution is 2.39. The van der Waals surface area contributed by atoms with Gasteiger partial charge in [-0.25, -0.2) is 26.7 Å². The molecule has 0 saturated heterocycles. The highest BCUT2D eigenvalue weighted by Gasteiger charge is 2.35. The lowest BCUT2D eigenvalue weighted by Gasteiger charge is -2.13. The number of phosphoric ester groups is 1. The van der Waals surface area contributed by atoms with Gasteiger partial charge < -0.3 is 9.79 Å². The second-order valence-electron chi connectivity index (χ2n) is 1.73. The van der Waals surface area contributed by atoms with Crippen LogP contribution in [0.4, 0.5) is 17.6 Å². The van der Waals surface area contributed by atoms with Crippen LogP contribution in [-0.4, -0.2) is 28.7 Å². The van der Waals surface area contributed by atoms with Crippen LogP contribution in [0.1, 0.15) is 0 Å². The van der Waals surface area contributed by atoms with Gasteiger partial charge in [0.25, 0.3) is 6.43 Å². The number of rotatable bonds is 4. The van der Waals surface area contributed by atoms with E-state index in [0.717, 1.165) is 0 Å². The zero-order valence-electron chi connectivity index (χ0n) is 5.40. The Morgan fingerprint density at radius 3 is 1.83 bits per heavy atom. The van der Waals surface area contributed by atoms with Crippen molar-refractivity contribution < 1.29 is 36.4 Å². The van der Waals surface area contributed by atoms with E-state index < -0.39 is 26.8 Å². The molecule has 0 heterocycles. The van der Waals surface area contributed by atoms with Crippen molar-refractivity contribution in [3.8, 4) is 0 Å². The molecule has 12 heavy (non-hydrogen) atoms. The van der Waals surface area contributed by atoms with Gasteiger partial charge in [-0.3, -0.25) is 0 Å². The Hall–Kier alpha value is -0.170. The van der Waals surface area contributed by atoms with Crippen molar-refractivity contribution in [1.29, 1.82) is 0 Å². The number of hydrogen-bond donors (Lipinski definition) is 2. The molecule has 0 radical (unpaired) electrons. The average molecular weight is 212 g/mol. The maximum Gasteiger partial charge on any atom is 0.472 e. The van der Waals surface area contributed by atoms with Crippen LogP contribution < -0.4 is 0 Å². The van der Waals surface area contributed by atoms with Gasteiger partial charge in [0.05, 0.1) is 0 Å². The molecule has 0 aliphatic rings. The maximum absolute atomic E-state index is 12.0. The molecule has 0 aliphatic heterocycles. The lowest BCUT2D eigenvalue weighted by atomic mass is 10.4. The molecule has 0 aromatic carbocycles. The molecule has 0 spiro atoms. The van der Waals surface area contributed by atoms with Gasteiger partial charge in [0, 0.05) is 0 Å². The van der Waals surface area contributed by atoms with Crippen LogP contribution in [0, 0.1) is 0 Å². The number of hydrogen-bond acceptors (Lipinski definition) is 2. The molecule has 0 amide bonds. The van der Waals surface area contributed by atoms with E-state index in [4.69, 9.17) is 9.79 Å². The van der Waals surface area contributed by atoms with E-state index in [2.05, 4.69) is 4.52 Å². The van der Waals surface area contributed by atoms with Crippen molar-refractivity contribution in [2.45, 2.75) is 19.0 Å². The van der Waals surface area contributed by atoms with Gasteiger partial charge in [-0.05, 0) is 0 Å². The summed E-state index contributed by atoms with van der Waals surface area (Å²) in [5.41, 5.74) is 0. The number of halogens is 4. The summed E-state index contributed by atoms with van der Waals surface area (Å²) in [6.07, 6.45) is -10.4. The average Bonchev–Trinajstić information content (AvgIpc) is 1.82. The predicted octanol–water partition coefficient (Wildman–Crippen LogP) is 0.994. The third-order valence-corrected chi connectivity index (χ3v) is 1.21. The molecule has 0 fully saturated rings. The molecule has 0 aromatic heterocycles. The Morgan fingerprint density at radius 2 is 1.58 bits per heavy atom. The Bertz CT molecular complexity index is 181. The molecule has 0 aliphatic carbocycles. The van der Waals surface area contributed by atoms with E-state index in [1.807, 2.05) is 0 Å². The third-order valence-electron chi connectivity index (χ3n) is 0.729. The molecular formula is C3H5F4O4P. The monoisotopic (exact) mass is 212 g/mol. The van der Waals surface area contributed by atoms with Crippen LogP contribution in [0.3, 0.4) is 0 Å². The minimum atomic E-state index is -5.26. The first kappa shape index (κ1) is 11.8. The lowest BCUT2D eigenvalue weighted by molar-refractivity contribution is -0.0845. The van der Waals surface area contributed by atoms with Gasteiger partial charge in [-0.15, -0.1) is 0 Å². The molecule has 2 atom stereocenters. The molecule has 9 heteroatoms. The molecular weight excluding hydrogens is 207 g/mol. The molecule has 0 aromatic rings. The summed E-state index contributed by atoms with van der Waals surface area (Å²) in [5, 5.41) is 0. The fourth-order valence-corrected chi connectivity index (χ4v) is 0.682. The first-order chi connectivity index (χ1) is 5.24. The SMILES string of the molecule is O=P(O)(O)OC(F)C(F)C(F)F. The van der Waals surface area contributed by atoms with Crippen LogP contribution in [0.5, 0.6) is 0 Å². The van der Waals surface area contributed by atoms with Crippen LogP contribution >= 0.6 is 7.82 Å². The summed E-state index contributed by atoms with van der Waals surface area (Å²) in [6, 6.07) is 0. The number of phosphoric acid groups is 1. The van der Waals surface area contributed by atoms with Gasteiger partial charge in [-0.2, -0.15) is 0 Å². The van der Waals surface area contributed by atoms with Crippen LogP contribution in [0.2, 0.25) is 0 Å². The smallest absolute Gasteiger partial charge is 0.303 e. The highest BCUT2D eigenvalue weighted by atomic mass is 31.2. The minimum Gasteiger partial charge on any atom is -0.303 e. The van der Waals surface area contributed by atoms with E-state index in [9.17, 15) is 22.1 Å². The molecule has 2 unspecified atom stereocenters. The van der Waals surface area contributed by atoms with Crippen molar-refractivity contribution in [2.75, 3.05) is 0 Å². The fourth-order valence-electron chi connectivity index (χ4n) is 0.304. The summed E-state index contributed by atoms with van der Waals surface area (Å²) in [7, 11) is -5.26. The Morgan fingerprint density at radius 1 is 1.17 bits per heavy atom. The van der Waals surface area contributed by atoms with E-state index in [0.29, 0.717) is 0 Å². The van der Waals surface area contributed by atoms with Crippen molar-refractivity contribution in [3.05, 3.63) is 0 Å².